The van der Waals surface area contributed by atoms with Gasteiger partial charge >= 0.3 is 0 Å². The van der Waals surface area contributed by atoms with Gasteiger partial charge in [-0.2, -0.15) is 0 Å². The van der Waals surface area contributed by atoms with Gasteiger partial charge in [0.2, 0.25) is 0 Å². The molecule has 0 unspecified atom stereocenters. The first-order chi connectivity index (χ1) is 72.7. The quantitative estimate of drug-likeness (QED) is 0.119. The third-order valence-electron chi connectivity index (χ3n) is 29.5. The van der Waals surface area contributed by atoms with Crippen molar-refractivity contribution in [2.45, 2.75) is 19.3 Å². The summed E-state index contributed by atoms with van der Waals surface area (Å²) in [6, 6.07) is 174. The van der Waals surface area contributed by atoms with Crippen molar-refractivity contribution in [3.63, 3.8) is 0 Å². The standard InChI is InChI=1S/C48H31N3.C46H31N3O.C42H25N3S/c1-3-13-32(14-4-1)36-17-11-18-37(31-36)51-45-24-10-8-19-40(45)42-30-29-39-38(21-12-22-41(39)47(42)51)33-25-27-35(28-26-33)48-49-44-23-9-7-20-43(44)46(50-48)34-15-5-2-6-16-34;1-46(2)36-22-11-9-19-32(36)41-37(46)27-24-29-18-13-21-34(39(29)41)44-47-43(30-16-7-4-8-17-30)48-45(49-44)35-26-25-31(28-14-5-3-6-15-28)40-33-20-10-12-23-38(33)50-42(35)40;1-2-11-27(12-3-1)41-30-15-4-7-18-34(30)43-42(44-41)32-17-10-13-26-21-23-36-40(39(26)32)31-16-5-8-19-35(31)45(36)28-22-24-38-33(25-28)29-14-6-9-20-37(29)46-38/h1-31H;3-27H,1-2H3;1-25H. The van der Waals surface area contributed by atoms with Gasteiger partial charge in [0.25, 0.3) is 0 Å². The minimum absolute atomic E-state index is 0.125. The third-order valence-corrected chi connectivity index (χ3v) is 30.7. The number of benzene rings is 22. The number of rotatable bonds is 12. The predicted octanol–water partition coefficient (Wildman–Crippen LogP) is 36.0. The highest BCUT2D eigenvalue weighted by Gasteiger charge is 2.38. The van der Waals surface area contributed by atoms with Crippen LogP contribution in [0.4, 0.5) is 0 Å². The topological polar surface area (TPSA) is 113 Å². The molecule has 29 aromatic rings. The predicted molar refractivity (Wildman–Crippen MR) is 612 cm³/mol. The molecule has 22 aromatic carbocycles. The highest BCUT2D eigenvalue weighted by Crippen LogP contribution is 2.54. The van der Waals surface area contributed by atoms with Gasteiger partial charge in [-0.1, -0.05) is 426 Å². The summed E-state index contributed by atoms with van der Waals surface area (Å²) in [5.74, 6) is 3.28. The van der Waals surface area contributed by atoms with E-state index in [0.29, 0.717) is 17.5 Å². The molecule has 10 nitrogen and oxygen atoms in total. The summed E-state index contributed by atoms with van der Waals surface area (Å²) in [5.41, 5.74) is 31.4. The fourth-order valence-electron chi connectivity index (χ4n) is 22.7. The van der Waals surface area contributed by atoms with Gasteiger partial charge in [-0.05, 0) is 151 Å². The molecule has 0 N–H and O–H groups in total. The highest BCUT2D eigenvalue weighted by molar-refractivity contribution is 7.25. The van der Waals surface area contributed by atoms with Crippen LogP contribution in [0.15, 0.2) is 496 Å². The van der Waals surface area contributed by atoms with Gasteiger partial charge < -0.3 is 13.6 Å². The van der Waals surface area contributed by atoms with Gasteiger partial charge in [0, 0.05) is 130 Å². The molecule has 1 aliphatic carbocycles. The zero-order chi connectivity index (χ0) is 97.3. The summed E-state index contributed by atoms with van der Waals surface area (Å²) in [4.78, 5) is 36.2. The Balaban J connectivity index is 0.000000107. The molecule has 1 aliphatic rings. The van der Waals surface area contributed by atoms with Crippen molar-refractivity contribution < 1.29 is 4.42 Å². The Morgan fingerprint density at radius 1 is 0.224 bits per heavy atom. The molecule has 0 spiro atoms. The van der Waals surface area contributed by atoms with Crippen LogP contribution in [0.1, 0.15) is 25.0 Å². The van der Waals surface area contributed by atoms with Crippen LogP contribution in [0.2, 0.25) is 0 Å². The lowest BCUT2D eigenvalue weighted by molar-refractivity contribution is 0.661. The molecule has 688 valence electrons. The van der Waals surface area contributed by atoms with E-state index in [1.54, 1.807) is 0 Å². The average molecular weight is 1900 g/mol. The van der Waals surface area contributed by atoms with E-state index < -0.39 is 0 Å². The Hall–Kier alpha value is -19.1. The summed E-state index contributed by atoms with van der Waals surface area (Å²) in [5, 5.41) is 18.9. The van der Waals surface area contributed by atoms with E-state index in [9.17, 15) is 0 Å². The van der Waals surface area contributed by atoms with Crippen LogP contribution in [-0.4, -0.2) is 44.0 Å². The summed E-state index contributed by atoms with van der Waals surface area (Å²) < 4.78 is 14.2. The molecule has 0 fully saturated rings. The molecular weight excluding hydrogens is 1810 g/mol. The van der Waals surface area contributed by atoms with Crippen molar-refractivity contribution in [2.24, 2.45) is 0 Å². The van der Waals surface area contributed by atoms with E-state index in [-0.39, 0.29) is 5.41 Å². The number of aromatic nitrogens is 9. The molecule has 0 aliphatic heterocycles. The van der Waals surface area contributed by atoms with Crippen molar-refractivity contribution in [3.8, 4) is 135 Å². The maximum Gasteiger partial charge on any atom is 0.167 e. The fourth-order valence-corrected chi connectivity index (χ4v) is 23.8. The van der Waals surface area contributed by atoms with Crippen molar-refractivity contribution in [1.29, 1.82) is 0 Å². The Morgan fingerprint density at radius 3 is 1.41 bits per heavy atom. The number of para-hydroxylation sites is 5. The molecule has 7 aromatic heterocycles. The van der Waals surface area contributed by atoms with E-state index >= 15 is 0 Å². The van der Waals surface area contributed by atoms with Crippen molar-refractivity contribution >= 4 is 151 Å². The molecule has 0 radical (unpaired) electrons. The molecule has 0 amide bonds. The second-order valence-electron chi connectivity index (χ2n) is 38.3. The summed E-state index contributed by atoms with van der Waals surface area (Å²) >= 11 is 1.85. The van der Waals surface area contributed by atoms with Gasteiger partial charge in [-0.15, -0.1) is 11.3 Å². The van der Waals surface area contributed by atoms with Crippen LogP contribution in [0.5, 0.6) is 0 Å². The first kappa shape index (κ1) is 85.9. The van der Waals surface area contributed by atoms with Crippen LogP contribution in [0.3, 0.4) is 0 Å². The minimum atomic E-state index is -0.125. The highest BCUT2D eigenvalue weighted by atomic mass is 32.1. The maximum atomic E-state index is 6.68. The number of furan rings is 1. The summed E-state index contributed by atoms with van der Waals surface area (Å²) in [7, 11) is 0. The van der Waals surface area contributed by atoms with Gasteiger partial charge in [-0.25, -0.2) is 34.9 Å². The lowest BCUT2D eigenvalue weighted by Gasteiger charge is -2.21. The first-order valence-electron chi connectivity index (χ1n) is 49.9. The number of thiophene rings is 1. The van der Waals surface area contributed by atoms with Crippen LogP contribution < -0.4 is 0 Å². The molecule has 147 heavy (non-hydrogen) atoms. The first-order valence-corrected chi connectivity index (χ1v) is 50.7. The zero-order valence-corrected chi connectivity index (χ0v) is 80.9. The largest absolute Gasteiger partial charge is 0.455 e. The van der Waals surface area contributed by atoms with Crippen molar-refractivity contribution in [2.75, 3.05) is 0 Å². The number of nitrogens with zero attached hydrogens (tertiary/aromatic N) is 9. The normalized spacial score (nSPS) is 12.2. The summed E-state index contributed by atoms with van der Waals surface area (Å²) in [6.45, 7) is 4.64. The van der Waals surface area contributed by atoms with E-state index in [0.717, 1.165) is 145 Å². The summed E-state index contributed by atoms with van der Waals surface area (Å²) in [6.07, 6.45) is 0. The van der Waals surface area contributed by atoms with Crippen LogP contribution in [0.25, 0.3) is 275 Å². The number of hydrogen-bond donors (Lipinski definition) is 0. The maximum absolute atomic E-state index is 6.68. The lowest BCUT2D eigenvalue weighted by atomic mass is 9.82. The molecule has 11 heteroatoms. The van der Waals surface area contributed by atoms with Crippen molar-refractivity contribution in [3.05, 3.63) is 503 Å². The average Bonchev–Trinajstić information content (AvgIpc) is 1.55. The lowest BCUT2D eigenvalue weighted by Crippen LogP contribution is -2.14. The molecule has 0 saturated heterocycles. The monoisotopic (exact) mass is 1890 g/mol. The Bertz CT molecular complexity index is 10400. The van der Waals surface area contributed by atoms with Gasteiger partial charge in [0.05, 0.1) is 50.1 Å². The van der Waals surface area contributed by atoms with Gasteiger partial charge in [0.15, 0.2) is 29.1 Å². The smallest absolute Gasteiger partial charge is 0.167 e. The second kappa shape index (κ2) is 35.3. The Morgan fingerprint density at radius 2 is 0.687 bits per heavy atom. The van der Waals surface area contributed by atoms with Crippen LogP contribution >= 0.6 is 11.3 Å². The second-order valence-corrected chi connectivity index (χ2v) is 39.4. The van der Waals surface area contributed by atoms with E-state index in [1.165, 1.54) is 124 Å². The Kier molecular flexibility index (Phi) is 20.6. The molecular formula is C136H87N9OS. The third kappa shape index (κ3) is 14.6. The number of hydrogen-bond acceptors (Lipinski definition) is 9. The fraction of sp³-hybridized carbons (Fsp3) is 0.0221. The molecule has 0 bridgehead atoms. The van der Waals surface area contributed by atoms with Crippen molar-refractivity contribution in [1.82, 2.24) is 44.0 Å². The molecule has 0 saturated carbocycles. The van der Waals surface area contributed by atoms with E-state index in [2.05, 4.69) is 454 Å². The van der Waals surface area contributed by atoms with E-state index in [1.807, 2.05) is 72.0 Å². The minimum Gasteiger partial charge on any atom is -0.455 e. The van der Waals surface area contributed by atoms with Crippen LogP contribution in [0, 0.1) is 0 Å². The Labute approximate surface area is 850 Å². The molecule has 0 atom stereocenters. The van der Waals surface area contributed by atoms with Gasteiger partial charge in [0.1, 0.15) is 11.2 Å². The van der Waals surface area contributed by atoms with Crippen LogP contribution in [-0.2, 0) is 5.41 Å². The molecule has 7 heterocycles. The number of fused-ring (bicyclic) bond motifs is 23. The zero-order valence-electron chi connectivity index (χ0n) is 80.1. The molecule has 30 rings (SSSR count). The van der Waals surface area contributed by atoms with Gasteiger partial charge in [-0.3, -0.25) is 0 Å². The SMILES string of the molecule is CC1(C)c2ccccc2-c2c1ccc1cccc(-c3nc(-c4ccccc4)nc(-c4ccc(-c5ccccc5)c5c4oc4ccccc45)n3)c21.c1ccc(-c2cccc(-n3c4ccccc4c4ccc5c(-c6ccc(-c7nc(-c8ccccc8)c8ccccc8n7)cc6)cccc5c43)c2)cc1.c1ccc(-c2nc(-c3cccc4ccc5c(c6ccccc6n5-c5ccc6sc7ccccc7c6c5)c34)nc3ccccc23)cc1. The van der Waals surface area contributed by atoms with E-state index in [4.69, 9.17) is 39.3 Å².